The Labute approximate surface area is 306 Å². The second kappa shape index (κ2) is 13.4. The van der Waals surface area contributed by atoms with E-state index in [1.165, 1.54) is 12.5 Å². The predicted molar refractivity (Wildman–Crippen MR) is 183 cm³/mol. The maximum Gasteiger partial charge on any atom is 0.187 e. The van der Waals surface area contributed by atoms with Gasteiger partial charge in [0.15, 0.2) is 18.4 Å². The Kier molecular flexibility index (Phi) is 9.83. The van der Waals surface area contributed by atoms with Gasteiger partial charge in [0.05, 0.1) is 31.5 Å². The van der Waals surface area contributed by atoms with Gasteiger partial charge in [-0.3, -0.25) is 0 Å². The number of aliphatic hydroxyl groups is 7. The lowest BCUT2D eigenvalue weighted by Gasteiger charge is -2.60. The average Bonchev–Trinajstić information content (AvgIpc) is 3.48. The van der Waals surface area contributed by atoms with Crippen LogP contribution in [0.3, 0.4) is 0 Å². The summed E-state index contributed by atoms with van der Waals surface area (Å²) in [5, 5.41) is 75.6. The molecule has 8 rings (SSSR count). The Morgan fingerprint density at radius 1 is 0.827 bits per heavy atom. The molecule has 52 heavy (non-hydrogen) atoms. The van der Waals surface area contributed by atoms with Gasteiger partial charge in [0.25, 0.3) is 0 Å². The molecule has 8 aliphatic rings. The first-order valence-corrected chi connectivity index (χ1v) is 19.9. The Morgan fingerprint density at radius 2 is 1.60 bits per heavy atom. The Balaban J connectivity index is 0.977. The van der Waals surface area contributed by atoms with Crippen LogP contribution in [0.15, 0.2) is 11.6 Å². The highest BCUT2D eigenvalue weighted by Crippen LogP contribution is 2.72. The van der Waals surface area contributed by atoms with Crippen molar-refractivity contribution in [2.45, 2.75) is 177 Å². The summed E-state index contributed by atoms with van der Waals surface area (Å²) in [5.41, 5.74) is 0.0981. The summed E-state index contributed by atoms with van der Waals surface area (Å²) in [6, 6.07) is 0. The number of rotatable bonds is 5. The van der Waals surface area contributed by atoms with Crippen molar-refractivity contribution in [3.63, 3.8) is 0 Å². The second-order valence-corrected chi connectivity index (χ2v) is 18.4. The van der Waals surface area contributed by atoms with E-state index in [9.17, 15) is 35.7 Å². The highest BCUT2D eigenvalue weighted by Gasteiger charge is 2.76. The molecule has 4 aliphatic carbocycles. The average molecular weight is 739 g/mol. The van der Waals surface area contributed by atoms with Crippen LogP contribution in [-0.2, 0) is 28.4 Å². The zero-order valence-corrected chi connectivity index (χ0v) is 31.3. The zero-order chi connectivity index (χ0) is 37.1. The molecule has 0 radical (unpaired) electrons. The predicted octanol–water partition coefficient (Wildman–Crippen LogP) is 1.50. The minimum atomic E-state index is -1.62. The van der Waals surface area contributed by atoms with Crippen LogP contribution in [0.25, 0.3) is 0 Å². The van der Waals surface area contributed by atoms with Crippen LogP contribution in [0.4, 0.5) is 0 Å². The maximum absolute atomic E-state index is 12.7. The first kappa shape index (κ1) is 38.1. The molecule has 13 nitrogen and oxygen atoms in total. The summed E-state index contributed by atoms with van der Waals surface area (Å²) < 4.78 is 37.3. The van der Waals surface area contributed by atoms with Crippen LogP contribution in [0.2, 0.25) is 0 Å². The van der Waals surface area contributed by atoms with Crippen molar-refractivity contribution in [1.82, 2.24) is 0 Å². The van der Waals surface area contributed by atoms with Crippen molar-refractivity contribution < 1.29 is 64.2 Å². The van der Waals surface area contributed by atoms with Crippen LogP contribution in [0.1, 0.15) is 92.4 Å². The fraction of sp³-hybridized carbons (Fsp3) is 0.949. The molecule has 4 heterocycles. The summed E-state index contributed by atoms with van der Waals surface area (Å²) in [6.45, 7) is 10.7. The molecule has 0 amide bonds. The zero-order valence-electron chi connectivity index (χ0n) is 31.3. The van der Waals surface area contributed by atoms with Gasteiger partial charge in [-0.25, -0.2) is 0 Å². The van der Waals surface area contributed by atoms with E-state index in [4.69, 9.17) is 28.4 Å². The van der Waals surface area contributed by atoms with Gasteiger partial charge in [-0.2, -0.15) is 0 Å². The standard InChI is InChI=1S/C39H62O13/c1-18-8-13-38(47-17-18)20(3)39(46)27(52-38)15-25-23-7-6-21-14-22(9-11-36(21,4)24(23)10-12-37(25,39)5)49-35-33(31(44)29(42)26(16-40)50-35)51-34-32(45)30(43)28(41)19(2)48-34/h6,18-20,22-35,40-46H,7-17H2,1-5H3/t18-,19+,20-,22?,23-,24+,25+,26-,27+,28+,29-,30-,31+,32-,33-,34+,35-,36+,37+,38-,39-/m1/s1. The number of fused-ring (bicyclic) bond motifs is 7. The first-order chi connectivity index (χ1) is 24.6. The number of ether oxygens (including phenoxy) is 6. The van der Waals surface area contributed by atoms with E-state index in [1.54, 1.807) is 0 Å². The molecule has 296 valence electrons. The molecule has 4 aliphatic heterocycles. The molecular weight excluding hydrogens is 676 g/mol. The van der Waals surface area contributed by atoms with Gasteiger partial charge in [0.2, 0.25) is 0 Å². The smallest absolute Gasteiger partial charge is 0.187 e. The highest BCUT2D eigenvalue weighted by molar-refractivity contribution is 5.29. The quantitative estimate of drug-likeness (QED) is 0.201. The van der Waals surface area contributed by atoms with Gasteiger partial charge in [0, 0.05) is 17.8 Å². The number of aliphatic hydroxyl groups excluding tert-OH is 6. The third kappa shape index (κ3) is 5.50. The van der Waals surface area contributed by atoms with Crippen molar-refractivity contribution in [2.24, 2.45) is 40.4 Å². The SMILES string of the molecule is C[C@@H]1CC[C@@]2(OC1)O[C@H]1C[C@H]3[C@@H]4CC=C5CC(O[C@@H]6O[C@H](CO)[C@@H](O)[C@H](O)[C@H]6O[C@@H]6O[C@@H](C)[C@H](O)[C@@H](O)[C@H]6O)CC[C@]5(C)[C@H]4CC[C@]3(C)[C@@]1(O)[C@@H]2C. The summed E-state index contributed by atoms with van der Waals surface area (Å²) in [7, 11) is 0. The fourth-order valence-corrected chi connectivity index (χ4v) is 12.5. The minimum Gasteiger partial charge on any atom is -0.394 e. The Morgan fingerprint density at radius 3 is 2.31 bits per heavy atom. The van der Waals surface area contributed by atoms with E-state index in [1.807, 2.05) is 0 Å². The molecule has 13 heteroatoms. The van der Waals surface area contributed by atoms with Crippen molar-refractivity contribution >= 4 is 0 Å². The lowest BCUT2D eigenvalue weighted by Crippen LogP contribution is -2.64. The molecule has 7 N–H and O–H groups in total. The molecule has 0 bridgehead atoms. The van der Waals surface area contributed by atoms with Crippen molar-refractivity contribution in [1.29, 1.82) is 0 Å². The van der Waals surface area contributed by atoms with Gasteiger partial charge in [0.1, 0.15) is 48.3 Å². The van der Waals surface area contributed by atoms with Gasteiger partial charge >= 0.3 is 0 Å². The summed E-state index contributed by atoms with van der Waals surface area (Å²) in [5.74, 6) is 0.929. The van der Waals surface area contributed by atoms with E-state index < -0.39 is 79.4 Å². The van der Waals surface area contributed by atoms with Gasteiger partial charge in [-0.1, -0.05) is 39.3 Å². The first-order valence-electron chi connectivity index (χ1n) is 19.9. The Bertz CT molecular complexity index is 1350. The van der Waals surface area contributed by atoms with E-state index in [0.717, 1.165) is 44.9 Å². The van der Waals surface area contributed by atoms with E-state index >= 15 is 0 Å². The van der Waals surface area contributed by atoms with Gasteiger partial charge < -0.3 is 64.2 Å². The fourth-order valence-electron chi connectivity index (χ4n) is 12.5. The van der Waals surface area contributed by atoms with Crippen molar-refractivity contribution in [3.8, 4) is 0 Å². The summed E-state index contributed by atoms with van der Waals surface area (Å²) in [6.07, 6.45) is -3.83. The lowest BCUT2D eigenvalue weighted by molar-refractivity contribution is -0.369. The van der Waals surface area contributed by atoms with E-state index in [2.05, 4.69) is 33.8 Å². The van der Waals surface area contributed by atoms with Crippen LogP contribution in [-0.4, -0.2) is 134 Å². The topological polar surface area (TPSA) is 197 Å². The highest BCUT2D eigenvalue weighted by atomic mass is 16.8. The third-order valence-corrected chi connectivity index (χ3v) is 15.8. The number of allylic oxidation sites excluding steroid dienone is 1. The summed E-state index contributed by atoms with van der Waals surface area (Å²) in [4.78, 5) is 0. The Hall–Kier alpha value is -0.780. The van der Waals surface area contributed by atoms with E-state index in [0.29, 0.717) is 43.1 Å². The van der Waals surface area contributed by atoms with Gasteiger partial charge in [-0.15, -0.1) is 0 Å². The normalized spacial score (nSPS) is 58.9. The molecule has 0 aromatic heterocycles. The minimum absolute atomic E-state index is 0.0411. The van der Waals surface area contributed by atoms with Gasteiger partial charge in [-0.05, 0) is 87.4 Å². The summed E-state index contributed by atoms with van der Waals surface area (Å²) >= 11 is 0. The molecule has 21 atom stereocenters. The monoisotopic (exact) mass is 738 g/mol. The third-order valence-electron chi connectivity index (χ3n) is 15.8. The van der Waals surface area contributed by atoms with Crippen molar-refractivity contribution in [3.05, 3.63) is 11.6 Å². The molecule has 7 fully saturated rings. The number of hydrogen-bond acceptors (Lipinski definition) is 13. The van der Waals surface area contributed by atoms with E-state index in [-0.39, 0.29) is 29.0 Å². The molecule has 0 aromatic rings. The second-order valence-electron chi connectivity index (χ2n) is 18.4. The maximum atomic E-state index is 12.7. The van der Waals surface area contributed by atoms with Crippen molar-refractivity contribution in [2.75, 3.05) is 13.2 Å². The van der Waals surface area contributed by atoms with Crippen LogP contribution >= 0.6 is 0 Å². The van der Waals surface area contributed by atoms with Crippen LogP contribution in [0, 0.1) is 40.4 Å². The molecule has 4 saturated heterocycles. The molecule has 0 aromatic carbocycles. The molecule has 3 saturated carbocycles. The largest absolute Gasteiger partial charge is 0.394 e. The van der Waals surface area contributed by atoms with Crippen LogP contribution in [0.5, 0.6) is 0 Å². The molecule has 1 unspecified atom stereocenters. The van der Waals surface area contributed by atoms with Crippen LogP contribution < -0.4 is 0 Å². The number of hydrogen-bond donors (Lipinski definition) is 7. The molecular formula is C39H62O13. The molecule has 1 spiro atoms. The lowest BCUT2D eigenvalue weighted by atomic mass is 9.46.